The van der Waals surface area contributed by atoms with E-state index in [-0.39, 0.29) is 29.9 Å². The van der Waals surface area contributed by atoms with Crippen LogP contribution >= 0.6 is 24.0 Å². The van der Waals surface area contributed by atoms with Crippen molar-refractivity contribution in [2.24, 2.45) is 4.99 Å². The molecule has 1 aromatic rings. The quantitative estimate of drug-likeness (QED) is 0.345. The molecule has 0 unspecified atom stereocenters. The van der Waals surface area contributed by atoms with E-state index in [2.05, 4.69) is 25.5 Å². The van der Waals surface area contributed by atoms with Crippen LogP contribution in [0.3, 0.4) is 0 Å². The van der Waals surface area contributed by atoms with Gasteiger partial charge in [0.1, 0.15) is 0 Å². The molecule has 0 atom stereocenters. The number of rotatable bonds is 8. The largest absolute Gasteiger partial charge is 0.356 e. The molecule has 0 saturated heterocycles. The summed E-state index contributed by atoms with van der Waals surface area (Å²) in [7, 11) is 1.72. The maximum absolute atomic E-state index is 11.4. The molecule has 120 valence electrons. The molecule has 0 bridgehead atoms. The van der Waals surface area contributed by atoms with E-state index in [9.17, 15) is 4.79 Å². The first-order chi connectivity index (χ1) is 9.76. The SMILES string of the molecule is CCCNC(=O)CCNC(=NC)NCCn1cccc1.I. The van der Waals surface area contributed by atoms with Crippen molar-refractivity contribution in [3.05, 3.63) is 24.5 Å². The molecule has 0 saturated carbocycles. The Morgan fingerprint density at radius 1 is 1.10 bits per heavy atom. The van der Waals surface area contributed by atoms with Gasteiger partial charge in [0.2, 0.25) is 5.91 Å². The highest BCUT2D eigenvalue weighted by molar-refractivity contribution is 14.0. The van der Waals surface area contributed by atoms with E-state index in [1.165, 1.54) is 0 Å². The van der Waals surface area contributed by atoms with Gasteiger partial charge in [0.25, 0.3) is 0 Å². The van der Waals surface area contributed by atoms with Gasteiger partial charge < -0.3 is 20.5 Å². The zero-order valence-corrected chi connectivity index (χ0v) is 15.1. The molecular weight excluding hydrogens is 381 g/mol. The van der Waals surface area contributed by atoms with Gasteiger partial charge in [-0.25, -0.2) is 0 Å². The number of halogens is 1. The smallest absolute Gasteiger partial charge is 0.221 e. The number of hydrogen-bond donors (Lipinski definition) is 3. The highest BCUT2D eigenvalue weighted by atomic mass is 127. The maximum Gasteiger partial charge on any atom is 0.221 e. The highest BCUT2D eigenvalue weighted by Gasteiger charge is 2.01. The van der Waals surface area contributed by atoms with Gasteiger partial charge in [-0.1, -0.05) is 6.92 Å². The van der Waals surface area contributed by atoms with Gasteiger partial charge in [0.05, 0.1) is 0 Å². The standard InChI is InChI=1S/C14H25N5O.HI/c1-3-7-16-13(20)6-8-17-14(15-2)18-9-12-19-10-4-5-11-19;/h4-5,10-11H,3,6-9,12H2,1-2H3,(H,16,20)(H2,15,17,18);1H. The fraction of sp³-hybridized carbons (Fsp3) is 0.571. The number of aromatic nitrogens is 1. The summed E-state index contributed by atoms with van der Waals surface area (Å²) in [6, 6.07) is 4.00. The molecule has 1 heterocycles. The van der Waals surface area contributed by atoms with Gasteiger partial charge in [0, 0.05) is 52.0 Å². The van der Waals surface area contributed by atoms with Crippen LogP contribution in [0.5, 0.6) is 0 Å². The summed E-state index contributed by atoms with van der Waals surface area (Å²) in [5.74, 6) is 0.794. The van der Waals surface area contributed by atoms with Gasteiger partial charge in [0.15, 0.2) is 5.96 Å². The fourth-order valence-corrected chi connectivity index (χ4v) is 1.69. The van der Waals surface area contributed by atoms with Gasteiger partial charge in [-0.05, 0) is 18.6 Å². The number of carbonyl (C=O) groups is 1. The van der Waals surface area contributed by atoms with E-state index in [0.29, 0.717) is 13.0 Å². The summed E-state index contributed by atoms with van der Waals surface area (Å²) >= 11 is 0. The van der Waals surface area contributed by atoms with Crippen molar-refractivity contribution in [3.8, 4) is 0 Å². The third-order valence-electron chi connectivity index (χ3n) is 2.77. The maximum atomic E-state index is 11.4. The summed E-state index contributed by atoms with van der Waals surface area (Å²) in [4.78, 5) is 15.5. The summed E-state index contributed by atoms with van der Waals surface area (Å²) in [5.41, 5.74) is 0. The zero-order valence-electron chi connectivity index (χ0n) is 12.8. The first kappa shape index (κ1) is 19.8. The Kier molecular flexibility index (Phi) is 11.7. The lowest BCUT2D eigenvalue weighted by atomic mass is 10.4. The van der Waals surface area contributed by atoms with Crippen LogP contribution in [0.4, 0.5) is 0 Å². The van der Waals surface area contributed by atoms with Crippen molar-refractivity contribution in [3.63, 3.8) is 0 Å². The third-order valence-corrected chi connectivity index (χ3v) is 2.77. The summed E-state index contributed by atoms with van der Waals surface area (Å²) < 4.78 is 2.10. The zero-order chi connectivity index (χ0) is 14.6. The normalized spacial score (nSPS) is 10.7. The molecule has 0 aromatic carbocycles. The Labute approximate surface area is 143 Å². The lowest BCUT2D eigenvalue weighted by Gasteiger charge is -2.12. The van der Waals surface area contributed by atoms with Crippen molar-refractivity contribution >= 4 is 35.8 Å². The molecule has 0 fully saturated rings. The molecule has 21 heavy (non-hydrogen) atoms. The van der Waals surface area contributed by atoms with Crippen LogP contribution in [0.2, 0.25) is 0 Å². The molecular formula is C14H26IN5O. The molecule has 7 heteroatoms. The van der Waals surface area contributed by atoms with Crippen molar-refractivity contribution in [1.29, 1.82) is 0 Å². The third kappa shape index (κ3) is 9.33. The number of nitrogens with one attached hydrogen (secondary N) is 3. The van der Waals surface area contributed by atoms with Crippen LogP contribution in [0.1, 0.15) is 19.8 Å². The van der Waals surface area contributed by atoms with Crippen LogP contribution in [0, 0.1) is 0 Å². The molecule has 0 radical (unpaired) electrons. The van der Waals surface area contributed by atoms with Crippen LogP contribution in [-0.4, -0.2) is 43.1 Å². The molecule has 1 rings (SSSR count). The van der Waals surface area contributed by atoms with Crippen LogP contribution in [0.25, 0.3) is 0 Å². The van der Waals surface area contributed by atoms with Gasteiger partial charge in [-0.3, -0.25) is 9.79 Å². The van der Waals surface area contributed by atoms with Crippen LogP contribution < -0.4 is 16.0 Å². The molecule has 0 aliphatic carbocycles. The average molecular weight is 407 g/mol. The highest BCUT2D eigenvalue weighted by Crippen LogP contribution is 1.88. The van der Waals surface area contributed by atoms with Crippen LogP contribution in [-0.2, 0) is 11.3 Å². The van der Waals surface area contributed by atoms with Crippen molar-refractivity contribution in [2.45, 2.75) is 26.3 Å². The molecule has 1 amide bonds. The molecule has 3 N–H and O–H groups in total. The van der Waals surface area contributed by atoms with E-state index in [1.807, 2.05) is 31.5 Å². The Bertz CT molecular complexity index is 406. The van der Waals surface area contributed by atoms with Crippen LogP contribution in [0.15, 0.2) is 29.5 Å². The summed E-state index contributed by atoms with van der Waals surface area (Å²) in [6.45, 7) is 5.03. The topological polar surface area (TPSA) is 70.4 Å². The average Bonchev–Trinajstić information content (AvgIpc) is 2.96. The number of nitrogens with zero attached hydrogens (tertiary/aromatic N) is 2. The van der Waals surface area contributed by atoms with E-state index < -0.39 is 0 Å². The van der Waals surface area contributed by atoms with Gasteiger partial charge in [-0.15, -0.1) is 24.0 Å². The number of hydrogen-bond acceptors (Lipinski definition) is 2. The molecule has 0 aliphatic rings. The first-order valence-electron chi connectivity index (χ1n) is 7.08. The second kappa shape index (κ2) is 12.5. The predicted molar refractivity (Wildman–Crippen MR) is 97.1 cm³/mol. The molecule has 0 aliphatic heterocycles. The van der Waals surface area contributed by atoms with E-state index in [4.69, 9.17) is 0 Å². The van der Waals surface area contributed by atoms with Gasteiger partial charge >= 0.3 is 0 Å². The van der Waals surface area contributed by atoms with E-state index >= 15 is 0 Å². The summed E-state index contributed by atoms with van der Waals surface area (Å²) in [6.07, 6.45) is 5.46. The number of guanidine groups is 1. The molecule has 6 nitrogen and oxygen atoms in total. The summed E-state index contributed by atoms with van der Waals surface area (Å²) in [5, 5.41) is 9.18. The fourth-order valence-electron chi connectivity index (χ4n) is 1.69. The minimum Gasteiger partial charge on any atom is -0.356 e. The lowest BCUT2D eigenvalue weighted by Crippen LogP contribution is -2.40. The number of carbonyl (C=O) groups excluding carboxylic acids is 1. The van der Waals surface area contributed by atoms with E-state index in [0.717, 1.165) is 32.0 Å². The van der Waals surface area contributed by atoms with Gasteiger partial charge in [-0.2, -0.15) is 0 Å². The Morgan fingerprint density at radius 3 is 2.38 bits per heavy atom. The van der Waals surface area contributed by atoms with Crippen molar-refractivity contribution in [2.75, 3.05) is 26.7 Å². The Morgan fingerprint density at radius 2 is 1.76 bits per heavy atom. The molecule has 1 aromatic heterocycles. The predicted octanol–water partition coefficient (Wildman–Crippen LogP) is 1.19. The number of aliphatic imine (C=N–C) groups is 1. The molecule has 0 spiro atoms. The second-order valence-electron chi connectivity index (χ2n) is 4.45. The Hall–Kier alpha value is -1.25. The minimum atomic E-state index is 0. The second-order valence-corrected chi connectivity index (χ2v) is 4.45. The van der Waals surface area contributed by atoms with Crippen molar-refractivity contribution in [1.82, 2.24) is 20.5 Å². The monoisotopic (exact) mass is 407 g/mol. The van der Waals surface area contributed by atoms with Crippen molar-refractivity contribution < 1.29 is 4.79 Å². The minimum absolute atomic E-state index is 0. The Balaban J connectivity index is 0.00000400. The lowest BCUT2D eigenvalue weighted by molar-refractivity contribution is -0.120. The first-order valence-corrected chi connectivity index (χ1v) is 7.08. The van der Waals surface area contributed by atoms with E-state index in [1.54, 1.807) is 7.05 Å². The number of amides is 1.